The standard InChI is InChI=1S/C27H28N2O3/c1-16(2)20-9-11-25-24(13-20)29-27(32-25)21-8-6-18(4)23(14-21)28-26(30)15-31-22-10-7-17(3)19(5)12-22/h6-14,16H,15H2,1-5H3,(H,28,30). The van der Waals surface area contributed by atoms with E-state index in [0.717, 1.165) is 27.8 Å². The molecule has 3 aromatic carbocycles. The molecule has 0 aliphatic heterocycles. The van der Waals surface area contributed by atoms with Crippen LogP contribution in [-0.2, 0) is 4.79 Å². The van der Waals surface area contributed by atoms with Crippen molar-refractivity contribution in [1.29, 1.82) is 0 Å². The van der Waals surface area contributed by atoms with Gasteiger partial charge in [-0.25, -0.2) is 4.98 Å². The first-order valence-electron chi connectivity index (χ1n) is 10.8. The summed E-state index contributed by atoms with van der Waals surface area (Å²) in [6, 6.07) is 17.7. The molecule has 0 radical (unpaired) electrons. The van der Waals surface area contributed by atoms with Crippen LogP contribution in [0.2, 0.25) is 0 Å². The second-order valence-electron chi connectivity index (χ2n) is 8.51. The molecule has 0 aliphatic rings. The van der Waals surface area contributed by atoms with Crippen LogP contribution >= 0.6 is 0 Å². The van der Waals surface area contributed by atoms with Crippen molar-refractivity contribution < 1.29 is 13.9 Å². The average molecular weight is 429 g/mol. The van der Waals surface area contributed by atoms with E-state index in [0.29, 0.717) is 23.2 Å². The molecule has 0 saturated heterocycles. The van der Waals surface area contributed by atoms with Crippen molar-refractivity contribution in [3.63, 3.8) is 0 Å². The third kappa shape index (κ3) is 4.67. The molecule has 0 bridgehead atoms. The topological polar surface area (TPSA) is 64.4 Å². The zero-order valence-corrected chi connectivity index (χ0v) is 19.2. The molecular weight excluding hydrogens is 400 g/mol. The van der Waals surface area contributed by atoms with Gasteiger partial charge in [-0.2, -0.15) is 0 Å². The first-order valence-corrected chi connectivity index (χ1v) is 10.8. The predicted octanol–water partition coefficient (Wildman–Crippen LogP) is 6.56. The normalized spacial score (nSPS) is 11.2. The van der Waals surface area contributed by atoms with Gasteiger partial charge in [-0.15, -0.1) is 0 Å². The van der Waals surface area contributed by atoms with E-state index in [1.807, 2.05) is 63.2 Å². The second-order valence-corrected chi connectivity index (χ2v) is 8.51. The minimum atomic E-state index is -0.220. The lowest BCUT2D eigenvalue weighted by atomic mass is 10.0. The number of oxazole rings is 1. The fourth-order valence-electron chi connectivity index (χ4n) is 3.46. The van der Waals surface area contributed by atoms with Crippen LogP contribution in [0.1, 0.15) is 42.0 Å². The molecule has 1 amide bonds. The maximum Gasteiger partial charge on any atom is 0.262 e. The molecule has 32 heavy (non-hydrogen) atoms. The van der Waals surface area contributed by atoms with Gasteiger partial charge in [-0.1, -0.05) is 32.0 Å². The van der Waals surface area contributed by atoms with Gasteiger partial charge in [-0.3, -0.25) is 4.79 Å². The SMILES string of the molecule is Cc1ccc(OCC(=O)Nc2cc(-c3nc4cc(C(C)C)ccc4o3)ccc2C)cc1C. The van der Waals surface area contributed by atoms with Gasteiger partial charge in [0, 0.05) is 11.3 Å². The Morgan fingerprint density at radius 2 is 1.75 bits per heavy atom. The Bertz CT molecular complexity index is 1290. The number of aryl methyl sites for hydroxylation is 3. The zero-order valence-electron chi connectivity index (χ0n) is 19.2. The van der Waals surface area contributed by atoms with Crippen LogP contribution in [0, 0.1) is 20.8 Å². The average Bonchev–Trinajstić information content (AvgIpc) is 3.19. The van der Waals surface area contributed by atoms with Crippen molar-refractivity contribution in [3.05, 3.63) is 76.9 Å². The van der Waals surface area contributed by atoms with Gasteiger partial charge in [0.1, 0.15) is 11.3 Å². The largest absolute Gasteiger partial charge is 0.484 e. The summed E-state index contributed by atoms with van der Waals surface area (Å²) < 4.78 is 11.6. The van der Waals surface area contributed by atoms with Crippen molar-refractivity contribution in [2.75, 3.05) is 11.9 Å². The van der Waals surface area contributed by atoms with Crippen LogP contribution in [0.4, 0.5) is 5.69 Å². The van der Waals surface area contributed by atoms with E-state index in [1.54, 1.807) is 0 Å². The van der Waals surface area contributed by atoms with E-state index in [-0.39, 0.29) is 12.5 Å². The quantitative estimate of drug-likeness (QED) is 0.378. The summed E-state index contributed by atoms with van der Waals surface area (Å²) in [5, 5.41) is 2.94. The van der Waals surface area contributed by atoms with E-state index >= 15 is 0 Å². The van der Waals surface area contributed by atoms with E-state index < -0.39 is 0 Å². The molecule has 1 aromatic heterocycles. The summed E-state index contributed by atoms with van der Waals surface area (Å²) >= 11 is 0. The first kappa shape index (κ1) is 21.6. The number of carbonyl (C=O) groups is 1. The van der Waals surface area contributed by atoms with Gasteiger partial charge in [0.05, 0.1) is 0 Å². The molecular formula is C27H28N2O3. The molecule has 0 saturated carbocycles. The third-order valence-corrected chi connectivity index (χ3v) is 5.69. The van der Waals surface area contributed by atoms with Gasteiger partial charge < -0.3 is 14.5 Å². The number of fused-ring (bicyclic) bond motifs is 1. The molecule has 0 atom stereocenters. The van der Waals surface area contributed by atoms with Crippen LogP contribution in [0.15, 0.2) is 59.0 Å². The van der Waals surface area contributed by atoms with Crippen LogP contribution in [0.25, 0.3) is 22.6 Å². The van der Waals surface area contributed by atoms with Crippen molar-refractivity contribution in [3.8, 4) is 17.2 Å². The molecule has 5 heteroatoms. The van der Waals surface area contributed by atoms with E-state index in [1.165, 1.54) is 11.1 Å². The Balaban J connectivity index is 1.50. The monoisotopic (exact) mass is 428 g/mol. The summed E-state index contributed by atoms with van der Waals surface area (Å²) in [6.45, 7) is 10.3. The Morgan fingerprint density at radius 3 is 2.50 bits per heavy atom. The highest BCUT2D eigenvalue weighted by atomic mass is 16.5. The summed E-state index contributed by atoms with van der Waals surface area (Å²) in [4.78, 5) is 17.2. The highest BCUT2D eigenvalue weighted by Crippen LogP contribution is 2.29. The minimum Gasteiger partial charge on any atom is -0.484 e. The Labute approximate surface area is 188 Å². The Hall–Kier alpha value is -3.60. The first-order chi connectivity index (χ1) is 15.3. The lowest BCUT2D eigenvalue weighted by Gasteiger charge is -2.11. The third-order valence-electron chi connectivity index (χ3n) is 5.69. The highest BCUT2D eigenvalue weighted by Gasteiger charge is 2.13. The number of benzene rings is 3. The van der Waals surface area contributed by atoms with Crippen molar-refractivity contribution in [2.24, 2.45) is 0 Å². The smallest absolute Gasteiger partial charge is 0.262 e. The number of nitrogens with zero attached hydrogens (tertiary/aromatic N) is 1. The number of aromatic nitrogens is 1. The molecule has 1 N–H and O–H groups in total. The molecule has 0 aliphatic carbocycles. The molecule has 0 spiro atoms. The maximum atomic E-state index is 12.5. The van der Waals surface area contributed by atoms with Gasteiger partial charge in [0.15, 0.2) is 12.2 Å². The van der Waals surface area contributed by atoms with E-state index in [2.05, 4.69) is 36.3 Å². The molecule has 0 fully saturated rings. The number of rotatable bonds is 6. The van der Waals surface area contributed by atoms with Crippen molar-refractivity contribution >= 4 is 22.7 Å². The van der Waals surface area contributed by atoms with Crippen LogP contribution in [-0.4, -0.2) is 17.5 Å². The molecule has 1 heterocycles. The fraction of sp³-hybridized carbons (Fsp3) is 0.259. The Kier molecular flexibility index (Phi) is 5.99. The number of anilines is 1. The van der Waals surface area contributed by atoms with E-state index in [9.17, 15) is 4.79 Å². The number of hydrogen-bond acceptors (Lipinski definition) is 4. The molecule has 4 rings (SSSR count). The van der Waals surface area contributed by atoms with Gasteiger partial charge in [0.25, 0.3) is 5.91 Å². The summed E-state index contributed by atoms with van der Waals surface area (Å²) in [5.74, 6) is 1.41. The lowest BCUT2D eigenvalue weighted by Crippen LogP contribution is -2.20. The number of hydrogen-bond donors (Lipinski definition) is 1. The summed E-state index contributed by atoms with van der Waals surface area (Å²) in [6.07, 6.45) is 0. The molecule has 4 aromatic rings. The zero-order chi connectivity index (χ0) is 22.8. The number of nitrogens with one attached hydrogen (secondary N) is 1. The number of ether oxygens (including phenoxy) is 1. The summed E-state index contributed by atoms with van der Waals surface area (Å²) in [7, 11) is 0. The molecule has 5 nitrogen and oxygen atoms in total. The van der Waals surface area contributed by atoms with Crippen molar-refractivity contribution in [1.82, 2.24) is 4.98 Å². The highest BCUT2D eigenvalue weighted by molar-refractivity contribution is 5.93. The fourth-order valence-corrected chi connectivity index (χ4v) is 3.46. The molecule has 0 unspecified atom stereocenters. The summed E-state index contributed by atoms with van der Waals surface area (Å²) in [5.41, 5.74) is 7.59. The molecule has 164 valence electrons. The van der Waals surface area contributed by atoms with Gasteiger partial charge >= 0.3 is 0 Å². The Morgan fingerprint density at radius 1 is 0.969 bits per heavy atom. The van der Waals surface area contributed by atoms with Crippen LogP contribution in [0.5, 0.6) is 5.75 Å². The number of carbonyl (C=O) groups excluding carboxylic acids is 1. The van der Waals surface area contributed by atoms with Crippen molar-refractivity contribution in [2.45, 2.75) is 40.5 Å². The number of amides is 1. The van der Waals surface area contributed by atoms with Crippen LogP contribution in [0.3, 0.4) is 0 Å². The van der Waals surface area contributed by atoms with Crippen LogP contribution < -0.4 is 10.1 Å². The second kappa shape index (κ2) is 8.87. The lowest BCUT2D eigenvalue weighted by molar-refractivity contribution is -0.118. The predicted molar refractivity (Wildman–Crippen MR) is 128 cm³/mol. The van der Waals surface area contributed by atoms with E-state index in [4.69, 9.17) is 9.15 Å². The van der Waals surface area contributed by atoms with Gasteiger partial charge in [0.2, 0.25) is 5.89 Å². The minimum absolute atomic E-state index is 0.0625. The maximum absolute atomic E-state index is 12.5. The van der Waals surface area contributed by atoms with Gasteiger partial charge in [-0.05, 0) is 85.3 Å².